The molecule has 104 valence electrons. The third kappa shape index (κ3) is 2.40. The number of rotatable bonds is 4. The summed E-state index contributed by atoms with van der Waals surface area (Å²) in [4.78, 5) is 34.2. The number of hydrogen-bond donors (Lipinski definition) is 1. The van der Waals surface area contributed by atoms with Gasteiger partial charge in [0.1, 0.15) is 11.5 Å². The summed E-state index contributed by atoms with van der Waals surface area (Å²) in [6.07, 6.45) is 0. The molecule has 2 aromatic rings. The summed E-state index contributed by atoms with van der Waals surface area (Å²) in [5.74, 6) is -1.02. The largest absolute Gasteiger partial charge is 0.495 e. The van der Waals surface area contributed by atoms with Crippen molar-refractivity contribution in [2.24, 2.45) is 0 Å². The maximum atomic E-state index is 11.9. The van der Waals surface area contributed by atoms with E-state index in [1.807, 2.05) is 0 Å². The van der Waals surface area contributed by atoms with E-state index in [4.69, 9.17) is 9.84 Å². The third-order valence-corrected chi connectivity index (χ3v) is 2.89. The molecule has 0 saturated carbocycles. The van der Waals surface area contributed by atoms with E-state index in [1.54, 1.807) is 0 Å². The molecular weight excluding hydrogens is 262 g/mol. The van der Waals surface area contributed by atoms with Crippen LogP contribution in [0, 0.1) is 0 Å². The van der Waals surface area contributed by atoms with Crippen LogP contribution in [-0.2, 0) is 11.3 Å². The van der Waals surface area contributed by atoms with Gasteiger partial charge in [-0.15, -0.1) is 0 Å². The number of ketones is 1. The standard InChI is InChI=1S/C14H13NO5/c1-8(16)7-15-12(17)4-3-9-5-10(14(18)19)6-11(20-2)13(9)15/h3-6H,7H2,1-2H3,(H,18,19). The van der Waals surface area contributed by atoms with Crippen LogP contribution in [0.25, 0.3) is 10.9 Å². The van der Waals surface area contributed by atoms with E-state index in [9.17, 15) is 14.4 Å². The first-order valence-electron chi connectivity index (χ1n) is 5.88. The summed E-state index contributed by atoms with van der Waals surface area (Å²) in [5, 5.41) is 9.59. The topological polar surface area (TPSA) is 85.6 Å². The van der Waals surface area contributed by atoms with Gasteiger partial charge in [-0.1, -0.05) is 0 Å². The van der Waals surface area contributed by atoms with E-state index >= 15 is 0 Å². The lowest BCUT2D eigenvalue weighted by atomic mass is 10.1. The molecule has 6 nitrogen and oxygen atoms in total. The number of carboxylic acids is 1. The Balaban J connectivity index is 2.86. The molecule has 1 N–H and O–H groups in total. The van der Waals surface area contributed by atoms with Crippen LogP contribution in [0.4, 0.5) is 0 Å². The van der Waals surface area contributed by atoms with Crippen molar-refractivity contribution in [3.63, 3.8) is 0 Å². The Hall–Kier alpha value is -2.63. The lowest BCUT2D eigenvalue weighted by Gasteiger charge is -2.13. The highest BCUT2D eigenvalue weighted by Crippen LogP contribution is 2.26. The number of aromatic carboxylic acids is 1. The molecule has 0 aliphatic heterocycles. The smallest absolute Gasteiger partial charge is 0.335 e. The Kier molecular flexibility index (Phi) is 3.56. The van der Waals surface area contributed by atoms with Crippen molar-refractivity contribution in [2.75, 3.05) is 7.11 Å². The van der Waals surface area contributed by atoms with Crippen molar-refractivity contribution in [3.8, 4) is 5.75 Å². The van der Waals surface area contributed by atoms with Gasteiger partial charge in [0, 0.05) is 11.5 Å². The summed E-state index contributed by atoms with van der Waals surface area (Å²) < 4.78 is 6.44. The minimum Gasteiger partial charge on any atom is -0.495 e. The van der Waals surface area contributed by atoms with Gasteiger partial charge in [0.05, 0.1) is 24.7 Å². The van der Waals surface area contributed by atoms with Crippen LogP contribution in [0.1, 0.15) is 17.3 Å². The molecule has 2 rings (SSSR count). The van der Waals surface area contributed by atoms with Crippen LogP contribution in [0.5, 0.6) is 5.75 Å². The lowest BCUT2D eigenvalue weighted by molar-refractivity contribution is -0.117. The number of nitrogens with zero attached hydrogens (tertiary/aromatic N) is 1. The summed E-state index contributed by atoms with van der Waals surface area (Å²) in [7, 11) is 1.38. The number of fused-ring (bicyclic) bond motifs is 1. The van der Waals surface area contributed by atoms with Crippen molar-refractivity contribution in [1.82, 2.24) is 4.57 Å². The Morgan fingerprint density at radius 2 is 2.00 bits per heavy atom. The molecule has 0 aliphatic carbocycles. The second-order valence-corrected chi connectivity index (χ2v) is 4.38. The number of pyridine rings is 1. The molecule has 6 heteroatoms. The first kappa shape index (κ1) is 13.8. The van der Waals surface area contributed by atoms with Gasteiger partial charge >= 0.3 is 5.97 Å². The lowest BCUT2D eigenvalue weighted by Crippen LogP contribution is -2.23. The van der Waals surface area contributed by atoms with E-state index < -0.39 is 5.97 Å². The molecule has 0 spiro atoms. The van der Waals surface area contributed by atoms with Crippen LogP contribution in [0.2, 0.25) is 0 Å². The maximum Gasteiger partial charge on any atom is 0.335 e. The fourth-order valence-electron chi connectivity index (χ4n) is 2.07. The van der Waals surface area contributed by atoms with Gasteiger partial charge < -0.3 is 9.84 Å². The fourth-order valence-corrected chi connectivity index (χ4v) is 2.07. The average Bonchev–Trinajstić information content (AvgIpc) is 2.40. The summed E-state index contributed by atoms with van der Waals surface area (Å²) in [5.41, 5.74) is 0.136. The number of aromatic nitrogens is 1. The number of carboxylic acid groups (broad SMARTS) is 1. The third-order valence-electron chi connectivity index (χ3n) is 2.89. The highest BCUT2D eigenvalue weighted by molar-refractivity contribution is 5.96. The Morgan fingerprint density at radius 1 is 1.30 bits per heavy atom. The van der Waals surface area contributed by atoms with Crippen molar-refractivity contribution in [3.05, 3.63) is 40.2 Å². The Morgan fingerprint density at radius 3 is 2.55 bits per heavy atom. The van der Waals surface area contributed by atoms with Gasteiger partial charge in [-0.2, -0.15) is 0 Å². The van der Waals surface area contributed by atoms with Gasteiger partial charge in [-0.05, 0) is 25.1 Å². The molecule has 0 fully saturated rings. The number of hydrogen-bond acceptors (Lipinski definition) is 4. The maximum absolute atomic E-state index is 11.9. The zero-order valence-corrected chi connectivity index (χ0v) is 11.0. The highest BCUT2D eigenvalue weighted by atomic mass is 16.5. The molecule has 0 aliphatic rings. The van der Waals surface area contributed by atoms with Crippen LogP contribution in [-0.4, -0.2) is 28.5 Å². The second-order valence-electron chi connectivity index (χ2n) is 4.38. The predicted octanol–water partition coefficient (Wildman–Crippen LogP) is 1.30. The van der Waals surface area contributed by atoms with Crippen molar-refractivity contribution in [2.45, 2.75) is 13.5 Å². The van der Waals surface area contributed by atoms with E-state index in [2.05, 4.69) is 0 Å². The monoisotopic (exact) mass is 275 g/mol. The number of methoxy groups -OCH3 is 1. The van der Waals surface area contributed by atoms with Crippen molar-refractivity contribution in [1.29, 1.82) is 0 Å². The zero-order valence-electron chi connectivity index (χ0n) is 11.0. The molecule has 0 radical (unpaired) electrons. The van der Waals surface area contributed by atoms with Crippen LogP contribution < -0.4 is 10.3 Å². The number of ether oxygens (including phenoxy) is 1. The van der Waals surface area contributed by atoms with E-state index in [-0.39, 0.29) is 29.2 Å². The van der Waals surface area contributed by atoms with Gasteiger partial charge in [-0.25, -0.2) is 4.79 Å². The fraction of sp³-hybridized carbons (Fsp3) is 0.214. The Labute approximate surface area is 114 Å². The van der Waals surface area contributed by atoms with Crippen molar-refractivity contribution < 1.29 is 19.4 Å². The number of carbonyl (C=O) groups excluding carboxylic acids is 1. The van der Waals surface area contributed by atoms with Gasteiger partial charge in [-0.3, -0.25) is 14.2 Å². The van der Waals surface area contributed by atoms with Crippen molar-refractivity contribution >= 4 is 22.7 Å². The molecule has 1 aromatic carbocycles. The molecule has 0 atom stereocenters. The molecular formula is C14H13NO5. The zero-order chi connectivity index (χ0) is 14.9. The highest BCUT2D eigenvalue weighted by Gasteiger charge is 2.14. The number of benzene rings is 1. The van der Waals surface area contributed by atoms with Gasteiger partial charge in [0.25, 0.3) is 5.56 Å². The molecule has 20 heavy (non-hydrogen) atoms. The number of Topliss-reactive ketones (excluding diaryl/α,β-unsaturated/α-hetero) is 1. The quantitative estimate of drug-likeness (QED) is 0.908. The Bertz CT molecular complexity index is 760. The van der Waals surface area contributed by atoms with Gasteiger partial charge in [0.15, 0.2) is 0 Å². The normalized spacial score (nSPS) is 10.5. The summed E-state index contributed by atoms with van der Waals surface area (Å²) >= 11 is 0. The van der Waals surface area contributed by atoms with Crippen LogP contribution >= 0.6 is 0 Å². The average molecular weight is 275 g/mol. The first-order valence-corrected chi connectivity index (χ1v) is 5.88. The first-order chi connectivity index (χ1) is 9.43. The second kappa shape index (κ2) is 5.16. The van der Waals surface area contributed by atoms with Crippen LogP contribution in [0.3, 0.4) is 0 Å². The predicted molar refractivity (Wildman–Crippen MR) is 72.4 cm³/mol. The SMILES string of the molecule is COc1cc(C(=O)O)cc2ccc(=O)n(CC(C)=O)c12. The van der Waals surface area contributed by atoms with Gasteiger partial charge in [0.2, 0.25) is 0 Å². The van der Waals surface area contributed by atoms with E-state index in [0.29, 0.717) is 10.9 Å². The van der Waals surface area contributed by atoms with Crippen LogP contribution in [0.15, 0.2) is 29.1 Å². The summed E-state index contributed by atoms with van der Waals surface area (Å²) in [6, 6.07) is 5.59. The van der Waals surface area contributed by atoms with E-state index in [1.165, 1.54) is 42.9 Å². The van der Waals surface area contributed by atoms with E-state index in [0.717, 1.165) is 0 Å². The minimum atomic E-state index is -1.09. The molecule has 0 bridgehead atoms. The molecule has 0 amide bonds. The number of carbonyl (C=O) groups is 2. The molecule has 0 saturated heterocycles. The minimum absolute atomic E-state index is 0.0578. The molecule has 0 unspecified atom stereocenters. The molecule has 1 aromatic heterocycles. The summed E-state index contributed by atoms with van der Waals surface area (Å²) in [6.45, 7) is 1.29. The molecule has 1 heterocycles.